The summed E-state index contributed by atoms with van der Waals surface area (Å²) >= 11 is 0. The fourth-order valence-corrected chi connectivity index (χ4v) is 3.37. The standard InChI is InChI=1S/C23H21N7/c1-14(2)15-6-5-7-16(12-15)22-24-11-10-20(29-22)26-19-13-25-30-21(19)23-27-17-8-3-4-9-18(17)28-23/h3-14H,1-2H3,(H,25,30)(H,27,28)(H,24,26,29). The van der Waals surface area contributed by atoms with Crippen molar-refractivity contribution >= 4 is 22.5 Å². The summed E-state index contributed by atoms with van der Waals surface area (Å²) in [5.74, 6) is 2.53. The van der Waals surface area contributed by atoms with E-state index < -0.39 is 0 Å². The molecule has 0 fully saturated rings. The van der Waals surface area contributed by atoms with E-state index in [-0.39, 0.29) is 0 Å². The first-order valence-corrected chi connectivity index (χ1v) is 9.86. The van der Waals surface area contributed by atoms with Crippen molar-refractivity contribution in [1.82, 2.24) is 30.1 Å². The summed E-state index contributed by atoms with van der Waals surface area (Å²) in [6.07, 6.45) is 3.48. The Kier molecular flexibility index (Phi) is 4.48. The topological polar surface area (TPSA) is 95.2 Å². The first kappa shape index (κ1) is 18.1. The molecule has 3 aromatic heterocycles. The Labute approximate surface area is 173 Å². The van der Waals surface area contributed by atoms with E-state index in [0.29, 0.717) is 17.6 Å². The number of aromatic amines is 2. The maximum atomic E-state index is 4.70. The van der Waals surface area contributed by atoms with Gasteiger partial charge in [0.15, 0.2) is 11.6 Å². The molecule has 0 saturated heterocycles. The maximum Gasteiger partial charge on any atom is 0.161 e. The molecule has 2 aromatic carbocycles. The van der Waals surface area contributed by atoms with E-state index in [1.807, 2.05) is 42.5 Å². The van der Waals surface area contributed by atoms with Gasteiger partial charge >= 0.3 is 0 Å². The van der Waals surface area contributed by atoms with Gasteiger partial charge in [-0.2, -0.15) is 5.10 Å². The van der Waals surface area contributed by atoms with Crippen molar-refractivity contribution in [2.24, 2.45) is 0 Å². The van der Waals surface area contributed by atoms with Crippen LogP contribution in [0.15, 0.2) is 67.0 Å². The van der Waals surface area contributed by atoms with Gasteiger partial charge in [-0.05, 0) is 35.7 Å². The Hall–Kier alpha value is -4.00. The van der Waals surface area contributed by atoms with Crippen LogP contribution in [0.25, 0.3) is 33.9 Å². The summed E-state index contributed by atoms with van der Waals surface area (Å²) in [6, 6.07) is 18.1. The van der Waals surface area contributed by atoms with Crippen LogP contribution in [0.5, 0.6) is 0 Å². The third-order valence-corrected chi connectivity index (χ3v) is 5.00. The van der Waals surface area contributed by atoms with Crippen LogP contribution < -0.4 is 5.32 Å². The number of anilines is 2. The van der Waals surface area contributed by atoms with Gasteiger partial charge in [-0.15, -0.1) is 0 Å². The predicted octanol–water partition coefficient (Wildman–Crippen LogP) is 5.28. The number of nitrogens with one attached hydrogen (secondary N) is 3. The predicted molar refractivity (Wildman–Crippen MR) is 119 cm³/mol. The lowest BCUT2D eigenvalue weighted by Crippen LogP contribution is -1.98. The van der Waals surface area contributed by atoms with Gasteiger partial charge in [0.25, 0.3) is 0 Å². The molecule has 7 heteroatoms. The first-order chi connectivity index (χ1) is 14.7. The van der Waals surface area contributed by atoms with Crippen molar-refractivity contribution in [2.45, 2.75) is 19.8 Å². The minimum absolute atomic E-state index is 0.448. The average Bonchev–Trinajstić information content (AvgIpc) is 3.40. The van der Waals surface area contributed by atoms with Crippen molar-refractivity contribution in [1.29, 1.82) is 0 Å². The number of hydrogen-bond acceptors (Lipinski definition) is 5. The van der Waals surface area contributed by atoms with Crippen molar-refractivity contribution in [3.8, 4) is 22.9 Å². The highest BCUT2D eigenvalue weighted by atomic mass is 15.2. The lowest BCUT2D eigenvalue weighted by Gasteiger charge is -2.09. The number of nitrogens with zero attached hydrogens (tertiary/aromatic N) is 4. The summed E-state index contributed by atoms with van der Waals surface area (Å²) in [5, 5.41) is 10.5. The van der Waals surface area contributed by atoms with Crippen LogP contribution in [0.4, 0.5) is 11.5 Å². The fraction of sp³-hybridized carbons (Fsp3) is 0.130. The number of benzene rings is 2. The molecule has 3 heterocycles. The molecule has 30 heavy (non-hydrogen) atoms. The number of hydrogen-bond donors (Lipinski definition) is 3. The highest BCUT2D eigenvalue weighted by Gasteiger charge is 2.13. The number of H-pyrrole nitrogens is 2. The third-order valence-electron chi connectivity index (χ3n) is 5.00. The second-order valence-corrected chi connectivity index (χ2v) is 7.43. The molecule has 0 unspecified atom stereocenters. The zero-order valence-corrected chi connectivity index (χ0v) is 16.7. The quantitative estimate of drug-likeness (QED) is 0.376. The molecule has 0 aliphatic rings. The van der Waals surface area contributed by atoms with Crippen molar-refractivity contribution in [2.75, 3.05) is 5.32 Å². The number of imidazole rings is 1. The van der Waals surface area contributed by atoms with Crippen molar-refractivity contribution < 1.29 is 0 Å². The molecular formula is C23H21N7. The highest BCUT2D eigenvalue weighted by Crippen LogP contribution is 2.28. The average molecular weight is 395 g/mol. The molecule has 148 valence electrons. The summed E-state index contributed by atoms with van der Waals surface area (Å²) in [6.45, 7) is 4.35. The maximum absolute atomic E-state index is 4.70. The molecule has 0 aliphatic heterocycles. The zero-order valence-electron chi connectivity index (χ0n) is 16.7. The third kappa shape index (κ3) is 3.41. The van der Waals surface area contributed by atoms with Crippen LogP contribution in [0.3, 0.4) is 0 Å². The molecule has 5 aromatic rings. The molecule has 0 bridgehead atoms. The largest absolute Gasteiger partial charge is 0.337 e. The van der Waals surface area contributed by atoms with Gasteiger partial charge in [-0.25, -0.2) is 15.0 Å². The normalized spacial score (nSPS) is 11.3. The molecule has 0 amide bonds. The fourth-order valence-electron chi connectivity index (χ4n) is 3.37. The van der Waals surface area contributed by atoms with E-state index >= 15 is 0 Å². The Morgan fingerprint density at radius 2 is 1.87 bits per heavy atom. The Balaban J connectivity index is 1.46. The lowest BCUT2D eigenvalue weighted by molar-refractivity contribution is 0.867. The first-order valence-electron chi connectivity index (χ1n) is 9.86. The Morgan fingerprint density at radius 3 is 2.73 bits per heavy atom. The molecular weight excluding hydrogens is 374 g/mol. The molecule has 0 atom stereocenters. The summed E-state index contributed by atoms with van der Waals surface area (Å²) in [7, 11) is 0. The summed E-state index contributed by atoms with van der Waals surface area (Å²) in [5.41, 5.74) is 5.69. The second kappa shape index (κ2) is 7.44. The molecule has 0 radical (unpaired) electrons. The molecule has 0 saturated carbocycles. The summed E-state index contributed by atoms with van der Waals surface area (Å²) < 4.78 is 0. The SMILES string of the molecule is CC(C)c1cccc(-c2nccc(Nc3cn[nH]c3-c3nc4ccccc4[nH]3)n2)c1. The van der Waals surface area contributed by atoms with Gasteiger partial charge in [-0.1, -0.05) is 44.2 Å². The van der Waals surface area contributed by atoms with Gasteiger partial charge in [0.2, 0.25) is 0 Å². The second-order valence-electron chi connectivity index (χ2n) is 7.43. The molecule has 0 aliphatic carbocycles. The van der Waals surface area contributed by atoms with Gasteiger partial charge in [-0.3, -0.25) is 5.10 Å². The minimum Gasteiger partial charge on any atom is -0.337 e. The van der Waals surface area contributed by atoms with E-state index in [9.17, 15) is 0 Å². The van der Waals surface area contributed by atoms with Crippen LogP contribution in [-0.2, 0) is 0 Å². The van der Waals surface area contributed by atoms with Crippen molar-refractivity contribution in [3.63, 3.8) is 0 Å². The zero-order chi connectivity index (χ0) is 20.5. The summed E-state index contributed by atoms with van der Waals surface area (Å²) in [4.78, 5) is 17.1. The minimum atomic E-state index is 0.448. The van der Waals surface area contributed by atoms with Crippen LogP contribution in [0, 0.1) is 0 Å². The van der Waals surface area contributed by atoms with E-state index in [2.05, 4.69) is 56.4 Å². The number of fused-ring (bicyclic) bond motifs is 1. The number of rotatable bonds is 5. The van der Waals surface area contributed by atoms with Crippen LogP contribution in [-0.4, -0.2) is 30.1 Å². The number of aromatic nitrogens is 6. The van der Waals surface area contributed by atoms with E-state index in [0.717, 1.165) is 33.8 Å². The van der Waals surface area contributed by atoms with Crippen LogP contribution in [0.2, 0.25) is 0 Å². The van der Waals surface area contributed by atoms with Crippen LogP contribution >= 0.6 is 0 Å². The smallest absolute Gasteiger partial charge is 0.161 e. The molecule has 3 N–H and O–H groups in total. The van der Waals surface area contributed by atoms with Crippen LogP contribution in [0.1, 0.15) is 25.3 Å². The molecule has 7 nitrogen and oxygen atoms in total. The van der Waals surface area contributed by atoms with E-state index in [4.69, 9.17) is 4.98 Å². The van der Waals surface area contributed by atoms with Gasteiger partial charge < -0.3 is 10.3 Å². The van der Waals surface area contributed by atoms with Gasteiger partial charge in [0.05, 0.1) is 22.9 Å². The van der Waals surface area contributed by atoms with Gasteiger partial charge in [0.1, 0.15) is 11.5 Å². The molecule has 0 spiro atoms. The monoisotopic (exact) mass is 395 g/mol. The molecule has 5 rings (SSSR count). The highest BCUT2D eigenvalue weighted by molar-refractivity contribution is 5.82. The lowest BCUT2D eigenvalue weighted by atomic mass is 10.0. The van der Waals surface area contributed by atoms with Gasteiger partial charge in [0, 0.05) is 11.8 Å². The van der Waals surface area contributed by atoms with E-state index in [1.54, 1.807) is 12.4 Å². The Bertz CT molecular complexity index is 1280. The number of para-hydroxylation sites is 2. The van der Waals surface area contributed by atoms with Crippen molar-refractivity contribution in [3.05, 3.63) is 72.6 Å². The van der Waals surface area contributed by atoms with E-state index in [1.165, 1.54) is 5.56 Å². The Morgan fingerprint density at radius 1 is 0.967 bits per heavy atom.